The Kier molecular flexibility index (Phi) is 9.49. The molecule has 2 aliphatic rings. The molecule has 7 nitrogen and oxygen atoms in total. The second kappa shape index (κ2) is 12.1. The van der Waals surface area contributed by atoms with Crippen LogP contribution >= 0.6 is 11.9 Å². The molecule has 1 aromatic carbocycles. The van der Waals surface area contributed by atoms with Gasteiger partial charge in [-0.25, -0.2) is 4.31 Å². The number of nitrogens with zero attached hydrogens (tertiary/aromatic N) is 3. The number of hydrogen-bond donors (Lipinski definition) is 1. The summed E-state index contributed by atoms with van der Waals surface area (Å²) in [5.41, 5.74) is 0. The third kappa shape index (κ3) is 8.06. The van der Waals surface area contributed by atoms with Crippen LogP contribution in [0.25, 0.3) is 0 Å². The van der Waals surface area contributed by atoms with Gasteiger partial charge in [-0.15, -0.1) is 13.2 Å². The van der Waals surface area contributed by atoms with Crippen molar-refractivity contribution in [2.45, 2.75) is 50.4 Å². The molecule has 0 spiro atoms. The van der Waals surface area contributed by atoms with Crippen LogP contribution in [0.1, 0.15) is 33.1 Å². The lowest BCUT2D eigenvalue weighted by Crippen LogP contribution is -2.58. The maximum Gasteiger partial charge on any atom is 0.573 e. The summed E-state index contributed by atoms with van der Waals surface area (Å²) in [6.07, 6.45) is -1.50. The molecule has 2 amide bonds. The van der Waals surface area contributed by atoms with Crippen LogP contribution in [-0.4, -0.2) is 84.1 Å². The maximum atomic E-state index is 13.1. The molecule has 190 valence electrons. The van der Waals surface area contributed by atoms with Gasteiger partial charge < -0.3 is 19.9 Å². The normalized spacial score (nSPS) is 20.9. The third-order valence-corrected chi connectivity index (χ3v) is 7.33. The molecule has 0 radical (unpaired) electrons. The fourth-order valence-corrected chi connectivity index (χ4v) is 5.30. The molecule has 3 rings (SSSR count). The highest BCUT2D eigenvalue weighted by Gasteiger charge is 2.35. The van der Waals surface area contributed by atoms with Crippen LogP contribution < -0.4 is 10.1 Å². The van der Waals surface area contributed by atoms with Gasteiger partial charge in [0.1, 0.15) is 11.8 Å². The van der Waals surface area contributed by atoms with E-state index in [4.69, 9.17) is 0 Å². The van der Waals surface area contributed by atoms with Gasteiger partial charge in [0.2, 0.25) is 11.8 Å². The number of halogens is 3. The van der Waals surface area contributed by atoms with E-state index in [0.717, 1.165) is 38.9 Å². The minimum atomic E-state index is -4.74. The molecule has 0 saturated carbocycles. The van der Waals surface area contributed by atoms with Gasteiger partial charge in [-0.3, -0.25) is 9.59 Å². The number of benzene rings is 1. The molecule has 0 unspecified atom stereocenters. The van der Waals surface area contributed by atoms with E-state index in [9.17, 15) is 22.8 Å². The Morgan fingerprint density at radius 1 is 1.12 bits per heavy atom. The number of piperidine rings is 1. The van der Waals surface area contributed by atoms with Crippen LogP contribution in [0.4, 0.5) is 13.2 Å². The Hall–Kier alpha value is -1.98. The van der Waals surface area contributed by atoms with E-state index < -0.39 is 12.4 Å². The quantitative estimate of drug-likeness (QED) is 0.550. The zero-order valence-electron chi connectivity index (χ0n) is 19.6. The van der Waals surface area contributed by atoms with E-state index in [-0.39, 0.29) is 24.1 Å². The lowest BCUT2D eigenvalue weighted by atomic mass is 9.96. The van der Waals surface area contributed by atoms with Gasteiger partial charge >= 0.3 is 6.36 Å². The predicted molar refractivity (Wildman–Crippen MR) is 124 cm³/mol. The highest BCUT2D eigenvalue weighted by atomic mass is 32.2. The van der Waals surface area contributed by atoms with Crippen molar-refractivity contribution in [1.82, 2.24) is 19.4 Å². The monoisotopic (exact) mass is 502 g/mol. The lowest BCUT2D eigenvalue weighted by molar-refractivity contribution is -0.274. The second-order valence-corrected chi connectivity index (χ2v) is 9.89. The summed E-state index contributed by atoms with van der Waals surface area (Å²) < 4.78 is 43.0. The van der Waals surface area contributed by atoms with Crippen molar-refractivity contribution in [2.75, 3.05) is 45.8 Å². The first-order valence-electron chi connectivity index (χ1n) is 11.7. The fourth-order valence-electron chi connectivity index (χ4n) is 4.31. The van der Waals surface area contributed by atoms with Gasteiger partial charge in [0.15, 0.2) is 0 Å². The van der Waals surface area contributed by atoms with E-state index >= 15 is 0 Å². The number of nitrogens with one attached hydrogen (secondary N) is 1. The SMILES string of the molecule is CCCN1CCC(CNC(=O)[C@H]2CN(C(C)=O)CCN2Sc2ccc(OC(F)(F)F)cc2)CC1. The maximum absolute atomic E-state index is 13.1. The average molecular weight is 503 g/mol. The first-order chi connectivity index (χ1) is 16.1. The first-order valence-corrected chi connectivity index (χ1v) is 12.5. The summed E-state index contributed by atoms with van der Waals surface area (Å²) in [5.74, 6) is -0.0739. The Morgan fingerprint density at radius 3 is 2.38 bits per heavy atom. The molecule has 0 bridgehead atoms. The average Bonchev–Trinajstić information content (AvgIpc) is 2.79. The van der Waals surface area contributed by atoms with Crippen molar-refractivity contribution in [2.24, 2.45) is 5.92 Å². The molecule has 1 atom stereocenters. The molecule has 0 aromatic heterocycles. The van der Waals surface area contributed by atoms with Crippen molar-refractivity contribution >= 4 is 23.8 Å². The van der Waals surface area contributed by atoms with E-state index in [1.54, 1.807) is 4.90 Å². The smallest absolute Gasteiger partial charge is 0.406 e. The number of likely N-dealkylation sites (tertiary alicyclic amines) is 1. The van der Waals surface area contributed by atoms with Crippen LogP contribution in [0, 0.1) is 5.92 Å². The molecular formula is C23H33F3N4O3S. The number of piperazine rings is 1. The zero-order valence-corrected chi connectivity index (χ0v) is 20.5. The van der Waals surface area contributed by atoms with Crippen molar-refractivity contribution in [3.8, 4) is 5.75 Å². The molecule has 2 heterocycles. The number of ether oxygens (including phenoxy) is 1. The Morgan fingerprint density at radius 2 is 1.79 bits per heavy atom. The van der Waals surface area contributed by atoms with E-state index in [1.807, 2.05) is 4.31 Å². The third-order valence-electron chi connectivity index (χ3n) is 6.17. The first kappa shape index (κ1) is 26.6. The predicted octanol–water partition coefficient (Wildman–Crippen LogP) is 3.36. The minimum absolute atomic E-state index is 0.0839. The summed E-state index contributed by atoms with van der Waals surface area (Å²) in [5, 5.41) is 3.08. The van der Waals surface area contributed by atoms with Gasteiger partial charge in [-0.1, -0.05) is 6.92 Å². The molecule has 11 heteroatoms. The molecule has 2 saturated heterocycles. The fraction of sp³-hybridized carbons (Fsp3) is 0.652. The van der Waals surface area contributed by atoms with Crippen LogP contribution in [0.3, 0.4) is 0 Å². The van der Waals surface area contributed by atoms with Gasteiger partial charge in [-0.2, -0.15) is 0 Å². The molecule has 0 aliphatic carbocycles. The second-order valence-electron chi connectivity index (χ2n) is 8.76. The summed E-state index contributed by atoms with van der Waals surface area (Å²) in [6, 6.07) is 5.02. The molecule has 1 aromatic rings. The van der Waals surface area contributed by atoms with Crippen molar-refractivity contribution in [1.29, 1.82) is 0 Å². The van der Waals surface area contributed by atoms with Crippen molar-refractivity contribution in [3.05, 3.63) is 24.3 Å². The molecule has 1 N–H and O–H groups in total. The number of hydrogen-bond acceptors (Lipinski definition) is 6. The van der Waals surface area contributed by atoms with Crippen molar-refractivity contribution < 1.29 is 27.5 Å². The van der Waals surface area contributed by atoms with E-state index in [2.05, 4.69) is 21.9 Å². The number of amides is 2. The molecule has 2 fully saturated rings. The Bertz CT molecular complexity index is 817. The van der Waals surface area contributed by atoms with E-state index in [0.29, 0.717) is 30.4 Å². The van der Waals surface area contributed by atoms with E-state index in [1.165, 1.54) is 43.1 Å². The number of carbonyl (C=O) groups excluding carboxylic acids is 2. The standard InChI is InChI=1S/C23H33F3N4O3S/c1-3-10-28-11-8-18(9-12-28)15-27-22(32)21-16-29(17(2)31)13-14-30(21)34-20-6-4-19(5-7-20)33-23(24,25)26/h4-7,18,21H,3,8-16H2,1-2H3,(H,27,32)/t21-/m1/s1. The zero-order chi connectivity index (χ0) is 24.7. The highest BCUT2D eigenvalue weighted by molar-refractivity contribution is 7.97. The minimum Gasteiger partial charge on any atom is -0.406 e. The van der Waals surface area contributed by atoms with Crippen LogP contribution in [0.15, 0.2) is 29.2 Å². The summed E-state index contributed by atoms with van der Waals surface area (Å²) in [6.45, 7) is 8.71. The highest BCUT2D eigenvalue weighted by Crippen LogP contribution is 2.30. The van der Waals surface area contributed by atoms with Gasteiger partial charge in [0.25, 0.3) is 0 Å². The van der Waals surface area contributed by atoms with Crippen LogP contribution in [0.5, 0.6) is 5.75 Å². The van der Waals surface area contributed by atoms with Crippen molar-refractivity contribution in [3.63, 3.8) is 0 Å². The molecule has 34 heavy (non-hydrogen) atoms. The number of carbonyl (C=O) groups is 2. The topological polar surface area (TPSA) is 65.1 Å². The summed E-state index contributed by atoms with van der Waals surface area (Å²) in [4.78, 5) is 29.9. The van der Waals surface area contributed by atoms with Gasteiger partial charge in [0.05, 0.1) is 0 Å². The molecular weight excluding hydrogens is 469 g/mol. The summed E-state index contributed by atoms with van der Waals surface area (Å²) >= 11 is 1.30. The molecule has 2 aliphatic heterocycles. The Balaban J connectivity index is 1.58. The van der Waals surface area contributed by atoms with Gasteiger partial charge in [-0.05, 0) is 81.0 Å². The largest absolute Gasteiger partial charge is 0.573 e. The van der Waals surface area contributed by atoms with Crippen LogP contribution in [0.2, 0.25) is 0 Å². The van der Waals surface area contributed by atoms with Gasteiger partial charge in [0, 0.05) is 38.0 Å². The number of alkyl halides is 3. The van der Waals surface area contributed by atoms with Crippen LogP contribution in [-0.2, 0) is 9.59 Å². The lowest BCUT2D eigenvalue weighted by Gasteiger charge is -2.39. The summed E-state index contributed by atoms with van der Waals surface area (Å²) in [7, 11) is 0. The number of rotatable bonds is 8. The Labute approximate surface area is 203 Å².